The fraction of sp³-hybridized carbons (Fsp3) is 0.500. The van der Waals surface area contributed by atoms with Crippen LogP contribution in [0.15, 0.2) is 35.2 Å². The van der Waals surface area contributed by atoms with Gasteiger partial charge in [-0.1, -0.05) is 26.8 Å². The third-order valence-electron chi connectivity index (χ3n) is 5.77. The quantitative estimate of drug-likeness (QED) is 0.365. The number of fused-ring (bicyclic) bond motifs is 3. The molecule has 9 heteroatoms. The molecule has 0 radical (unpaired) electrons. The molecule has 170 valence electrons. The maximum absolute atomic E-state index is 11.5. The van der Waals surface area contributed by atoms with E-state index in [0.717, 1.165) is 22.3 Å². The van der Waals surface area contributed by atoms with Gasteiger partial charge in [0.05, 0.1) is 20.4 Å². The molecule has 0 fully saturated rings. The van der Waals surface area contributed by atoms with Crippen LogP contribution >= 0.6 is 0 Å². The third kappa shape index (κ3) is 4.69. The molecular formula is C22H28NO6S2-. The fourth-order valence-corrected chi connectivity index (χ4v) is 6.10. The molecule has 1 heterocycles. The molecule has 0 amide bonds. The van der Waals surface area contributed by atoms with Gasteiger partial charge in [-0.15, -0.1) is 0 Å². The van der Waals surface area contributed by atoms with Crippen molar-refractivity contribution in [1.29, 1.82) is 0 Å². The van der Waals surface area contributed by atoms with Crippen LogP contribution in [0.4, 0.5) is 5.69 Å². The van der Waals surface area contributed by atoms with Crippen molar-refractivity contribution in [2.75, 3.05) is 12.3 Å². The molecule has 0 unspecified atom stereocenters. The van der Waals surface area contributed by atoms with Crippen LogP contribution in [0.5, 0.6) is 0 Å². The summed E-state index contributed by atoms with van der Waals surface area (Å²) in [4.78, 5) is -0.258. The Bertz CT molecular complexity index is 1280. The van der Waals surface area contributed by atoms with E-state index in [4.69, 9.17) is 0 Å². The van der Waals surface area contributed by atoms with Crippen LogP contribution in [0.1, 0.15) is 53.0 Å². The van der Waals surface area contributed by atoms with Crippen LogP contribution in [0.25, 0.3) is 10.8 Å². The van der Waals surface area contributed by atoms with Gasteiger partial charge in [-0.2, -0.15) is 4.58 Å². The molecule has 1 aliphatic heterocycles. The second kappa shape index (κ2) is 7.65. The minimum absolute atomic E-state index is 0.197. The van der Waals surface area contributed by atoms with Crippen molar-refractivity contribution in [3.63, 3.8) is 0 Å². The Hall–Kier alpha value is -1.81. The van der Waals surface area contributed by atoms with Crippen LogP contribution in [-0.4, -0.2) is 48.5 Å². The standard InChI is InChI=1S/C22H29NO6S2/c1-21(2,3)20-22(4,5)19-17-10-9-16(31(27,28)29)14-15(17)8-11-18(19)23(20)12-6-7-13-30(24,25)26/h8-11,14H,6-7,12-13H2,1-5H3,(H-,24,25,26,27,28,29)/p-1. The van der Waals surface area contributed by atoms with Crippen molar-refractivity contribution in [2.45, 2.75) is 57.8 Å². The van der Waals surface area contributed by atoms with Crippen LogP contribution in [0.2, 0.25) is 0 Å². The Labute approximate surface area is 184 Å². The maximum atomic E-state index is 11.5. The highest BCUT2D eigenvalue weighted by molar-refractivity contribution is 7.86. The van der Waals surface area contributed by atoms with E-state index >= 15 is 0 Å². The van der Waals surface area contributed by atoms with Crippen molar-refractivity contribution < 1.29 is 30.5 Å². The van der Waals surface area contributed by atoms with Crippen molar-refractivity contribution in [2.24, 2.45) is 5.41 Å². The summed E-state index contributed by atoms with van der Waals surface area (Å²) in [6.45, 7) is 11.2. The average Bonchev–Trinajstić information content (AvgIpc) is 2.83. The zero-order chi connectivity index (χ0) is 23.4. The number of rotatable bonds is 6. The van der Waals surface area contributed by atoms with E-state index in [9.17, 15) is 25.9 Å². The minimum Gasteiger partial charge on any atom is -0.748 e. The van der Waals surface area contributed by atoms with Gasteiger partial charge in [-0.25, -0.2) is 16.8 Å². The number of nitrogens with zero attached hydrogens (tertiary/aromatic N) is 1. The van der Waals surface area contributed by atoms with Gasteiger partial charge in [0.15, 0.2) is 5.71 Å². The van der Waals surface area contributed by atoms with Crippen molar-refractivity contribution >= 4 is 42.4 Å². The Morgan fingerprint density at radius 1 is 0.968 bits per heavy atom. The second-order valence-corrected chi connectivity index (χ2v) is 12.5. The van der Waals surface area contributed by atoms with E-state index in [1.54, 1.807) is 12.1 Å². The summed E-state index contributed by atoms with van der Waals surface area (Å²) in [5.74, 6) is -0.383. The fourth-order valence-electron chi connectivity index (χ4n) is 5.03. The highest BCUT2D eigenvalue weighted by Gasteiger charge is 2.51. The van der Waals surface area contributed by atoms with Crippen molar-refractivity contribution in [3.8, 4) is 0 Å². The lowest BCUT2D eigenvalue weighted by atomic mass is 9.70. The molecule has 0 atom stereocenters. The van der Waals surface area contributed by atoms with E-state index < -0.39 is 20.2 Å². The van der Waals surface area contributed by atoms with E-state index in [2.05, 4.69) is 39.2 Å². The van der Waals surface area contributed by atoms with Crippen LogP contribution < -0.4 is 0 Å². The van der Waals surface area contributed by atoms with E-state index in [1.807, 2.05) is 6.07 Å². The van der Waals surface area contributed by atoms with E-state index in [-0.39, 0.29) is 27.9 Å². The first-order chi connectivity index (χ1) is 14.0. The summed E-state index contributed by atoms with van der Waals surface area (Å²) in [5.41, 5.74) is 2.60. The highest BCUT2D eigenvalue weighted by atomic mass is 32.2. The monoisotopic (exact) mass is 466 g/mol. The maximum Gasteiger partial charge on any atom is 0.210 e. The normalized spacial score (nSPS) is 16.7. The first kappa shape index (κ1) is 23.8. The molecule has 3 rings (SSSR count). The van der Waals surface area contributed by atoms with Gasteiger partial charge in [-0.05, 0) is 49.2 Å². The van der Waals surface area contributed by atoms with Gasteiger partial charge in [0.1, 0.15) is 16.7 Å². The summed E-state index contributed by atoms with van der Waals surface area (Å²) < 4.78 is 69.4. The molecular weight excluding hydrogens is 438 g/mol. The first-order valence-corrected chi connectivity index (χ1v) is 13.1. The van der Waals surface area contributed by atoms with Gasteiger partial charge < -0.3 is 9.11 Å². The third-order valence-corrected chi connectivity index (χ3v) is 7.39. The predicted octanol–water partition coefficient (Wildman–Crippen LogP) is 3.49. The zero-order valence-corrected chi connectivity index (χ0v) is 20.1. The molecule has 0 saturated carbocycles. The Morgan fingerprint density at radius 2 is 1.61 bits per heavy atom. The number of hydrogen-bond acceptors (Lipinski definition) is 6. The predicted molar refractivity (Wildman–Crippen MR) is 118 cm³/mol. The highest BCUT2D eigenvalue weighted by Crippen LogP contribution is 2.48. The summed E-state index contributed by atoms with van der Waals surface area (Å²) >= 11 is 0. The minimum atomic E-state index is -4.55. The summed E-state index contributed by atoms with van der Waals surface area (Å²) in [6, 6.07) is 8.17. The smallest absolute Gasteiger partial charge is 0.210 e. The second-order valence-electron chi connectivity index (χ2n) is 9.64. The molecule has 0 aromatic heterocycles. The molecule has 2 aromatic rings. The molecule has 0 aliphatic carbocycles. The Balaban J connectivity index is 2.14. The van der Waals surface area contributed by atoms with Gasteiger partial charge in [0, 0.05) is 29.2 Å². The molecule has 0 bridgehead atoms. The van der Waals surface area contributed by atoms with Gasteiger partial charge in [0.25, 0.3) is 0 Å². The Kier molecular flexibility index (Phi) is 5.89. The lowest BCUT2D eigenvalue weighted by molar-refractivity contribution is -0.443. The molecule has 0 spiro atoms. The molecule has 2 aromatic carbocycles. The molecule has 31 heavy (non-hydrogen) atoms. The van der Waals surface area contributed by atoms with Crippen molar-refractivity contribution in [3.05, 3.63) is 35.9 Å². The number of benzene rings is 2. The van der Waals surface area contributed by atoms with Crippen molar-refractivity contribution in [1.82, 2.24) is 0 Å². The number of unbranched alkanes of at least 4 members (excludes halogenated alkanes) is 1. The lowest BCUT2D eigenvalue weighted by Gasteiger charge is -2.27. The molecule has 1 aliphatic rings. The zero-order valence-electron chi connectivity index (χ0n) is 18.4. The topological polar surface area (TPSA) is 117 Å². The summed E-state index contributed by atoms with van der Waals surface area (Å²) in [5, 5.41) is 1.55. The summed E-state index contributed by atoms with van der Waals surface area (Å²) in [7, 11) is -8.79. The van der Waals surface area contributed by atoms with E-state index in [1.165, 1.54) is 12.1 Å². The Morgan fingerprint density at radius 3 is 2.16 bits per heavy atom. The molecule has 7 nitrogen and oxygen atoms in total. The van der Waals surface area contributed by atoms with Gasteiger partial charge in [-0.3, -0.25) is 0 Å². The first-order valence-electron chi connectivity index (χ1n) is 10.2. The van der Waals surface area contributed by atoms with E-state index in [0.29, 0.717) is 18.4 Å². The molecule has 0 saturated heterocycles. The largest absolute Gasteiger partial charge is 0.748 e. The van der Waals surface area contributed by atoms with Gasteiger partial charge >= 0.3 is 0 Å². The average molecular weight is 467 g/mol. The summed E-state index contributed by atoms with van der Waals surface area (Å²) in [6.07, 6.45) is 0.829. The van der Waals surface area contributed by atoms with Gasteiger partial charge in [0.2, 0.25) is 5.69 Å². The SMILES string of the molecule is CC(C)(C)C1=[N+](CCCCS(=O)(=O)[O-])c2ccc3cc(S(=O)(=O)[O-])ccc3c2C1(C)C. The number of hydrogen-bond donors (Lipinski definition) is 0. The molecule has 0 N–H and O–H groups in total. The van der Waals surface area contributed by atoms with Crippen LogP contribution in [-0.2, 0) is 25.7 Å². The van der Waals surface area contributed by atoms with Crippen LogP contribution in [0.3, 0.4) is 0 Å². The lowest BCUT2D eigenvalue weighted by Crippen LogP contribution is -2.39. The van der Waals surface area contributed by atoms with Crippen LogP contribution in [0, 0.1) is 5.41 Å².